The third kappa shape index (κ3) is 10.4. The van der Waals surface area contributed by atoms with Crippen molar-refractivity contribution < 1.29 is 0 Å². The molecule has 19 heavy (non-hydrogen) atoms. The molecule has 3 unspecified atom stereocenters. The summed E-state index contributed by atoms with van der Waals surface area (Å²) in [5.74, 6) is 2.86. The predicted molar refractivity (Wildman–Crippen MR) is 89.6 cm³/mol. The molecular weight excluding hydrogens is 228 g/mol. The second-order valence-electron chi connectivity index (χ2n) is 6.84. The van der Waals surface area contributed by atoms with Crippen LogP contribution in [0.2, 0.25) is 0 Å². The topological polar surface area (TPSA) is 0 Å². The molecule has 0 fully saturated rings. The summed E-state index contributed by atoms with van der Waals surface area (Å²) in [6, 6.07) is 0. The van der Waals surface area contributed by atoms with Crippen molar-refractivity contribution in [1.29, 1.82) is 0 Å². The summed E-state index contributed by atoms with van der Waals surface area (Å²) >= 11 is 0. The van der Waals surface area contributed by atoms with E-state index in [1.165, 1.54) is 70.6 Å². The van der Waals surface area contributed by atoms with Gasteiger partial charge in [0.15, 0.2) is 0 Å². The molecule has 0 aliphatic carbocycles. The fraction of sp³-hybridized carbons (Fsp3) is 1.00. The molecule has 0 aromatic rings. The molecule has 0 amide bonds. The maximum absolute atomic E-state index is 2.50. The fourth-order valence-corrected chi connectivity index (χ4v) is 3.12. The van der Waals surface area contributed by atoms with Gasteiger partial charge in [-0.3, -0.25) is 0 Å². The van der Waals surface area contributed by atoms with Crippen LogP contribution in [-0.2, 0) is 0 Å². The zero-order valence-electron chi connectivity index (χ0n) is 14.5. The maximum Gasteiger partial charge on any atom is -0.0412 e. The molecule has 116 valence electrons. The second-order valence-corrected chi connectivity index (χ2v) is 6.84. The Morgan fingerprint density at radius 1 is 0.579 bits per heavy atom. The van der Waals surface area contributed by atoms with Crippen molar-refractivity contribution >= 4 is 0 Å². The summed E-state index contributed by atoms with van der Waals surface area (Å²) in [4.78, 5) is 0. The molecule has 0 aliphatic heterocycles. The molecule has 0 rings (SSSR count). The highest BCUT2D eigenvalue weighted by molar-refractivity contribution is 4.69. The zero-order valence-corrected chi connectivity index (χ0v) is 14.5. The zero-order chi connectivity index (χ0) is 14.5. The molecule has 0 aromatic heterocycles. The van der Waals surface area contributed by atoms with Crippen LogP contribution in [0.5, 0.6) is 0 Å². The monoisotopic (exact) mass is 268 g/mol. The van der Waals surface area contributed by atoms with Gasteiger partial charge >= 0.3 is 0 Å². The van der Waals surface area contributed by atoms with E-state index in [9.17, 15) is 0 Å². The highest BCUT2D eigenvalue weighted by Gasteiger charge is 2.17. The molecule has 0 heterocycles. The van der Waals surface area contributed by atoms with E-state index >= 15 is 0 Å². The molecule has 0 radical (unpaired) electrons. The Labute approximate surface area is 123 Å². The fourth-order valence-electron chi connectivity index (χ4n) is 3.12. The van der Waals surface area contributed by atoms with Gasteiger partial charge in [0.25, 0.3) is 0 Å². The van der Waals surface area contributed by atoms with Crippen molar-refractivity contribution in [2.45, 2.75) is 105 Å². The van der Waals surface area contributed by atoms with Gasteiger partial charge in [-0.25, -0.2) is 0 Å². The van der Waals surface area contributed by atoms with E-state index in [-0.39, 0.29) is 0 Å². The van der Waals surface area contributed by atoms with Crippen LogP contribution in [0.4, 0.5) is 0 Å². The van der Waals surface area contributed by atoms with Crippen LogP contribution in [0.1, 0.15) is 105 Å². The van der Waals surface area contributed by atoms with Crippen molar-refractivity contribution in [3.8, 4) is 0 Å². The molecule has 0 saturated carbocycles. The van der Waals surface area contributed by atoms with Gasteiger partial charge in [-0.1, -0.05) is 98.8 Å². The van der Waals surface area contributed by atoms with Crippen LogP contribution in [0, 0.1) is 17.8 Å². The summed E-state index contributed by atoms with van der Waals surface area (Å²) < 4.78 is 0. The molecular formula is C19H40. The highest BCUT2D eigenvalue weighted by Crippen LogP contribution is 2.29. The summed E-state index contributed by atoms with van der Waals surface area (Å²) in [7, 11) is 0. The van der Waals surface area contributed by atoms with Crippen molar-refractivity contribution in [3.63, 3.8) is 0 Å². The second kappa shape index (κ2) is 13.0. The Morgan fingerprint density at radius 2 is 1.11 bits per heavy atom. The lowest BCUT2D eigenvalue weighted by molar-refractivity contribution is 0.261. The van der Waals surface area contributed by atoms with E-state index in [1.54, 1.807) is 0 Å². The van der Waals surface area contributed by atoms with Crippen LogP contribution in [0.3, 0.4) is 0 Å². The van der Waals surface area contributed by atoms with E-state index in [2.05, 4.69) is 34.6 Å². The number of hydrogen-bond acceptors (Lipinski definition) is 0. The van der Waals surface area contributed by atoms with Gasteiger partial charge in [-0.15, -0.1) is 0 Å². The smallest absolute Gasteiger partial charge is 0.0412 e. The lowest BCUT2D eigenvalue weighted by atomic mass is 9.80. The highest BCUT2D eigenvalue weighted by atomic mass is 14.2. The average molecular weight is 269 g/mol. The third-order valence-corrected chi connectivity index (χ3v) is 4.87. The Hall–Kier alpha value is 0. The lowest BCUT2D eigenvalue weighted by Crippen LogP contribution is -2.14. The van der Waals surface area contributed by atoms with Gasteiger partial charge in [-0.05, 0) is 24.2 Å². The first-order chi connectivity index (χ1) is 9.15. The van der Waals surface area contributed by atoms with E-state index in [0.717, 1.165) is 17.8 Å². The van der Waals surface area contributed by atoms with Crippen LogP contribution in [0.15, 0.2) is 0 Å². The molecule has 0 N–H and O–H groups in total. The van der Waals surface area contributed by atoms with Gasteiger partial charge in [0, 0.05) is 0 Å². The molecule has 0 aliphatic rings. The van der Waals surface area contributed by atoms with Gasteiger partial charge in [-0.2, -0.15) is 0 Å². The van der Waals surface area contributed by atoms with Crippen molar-refractivity contribution in [2.75, 3.05) is 0 Å². The number of hydrogen-bond donors (Lipinski definition) is 0. The summed E-state index contributed by atoms with van der Waals surface area (Å²) in [5.41, 5.74) is 0. The molecule has 0 nitrogen and oxygen atoms in total. The Bertz CT molecular complexity index is 173. The minimum Gasteiger partial charge on any atom is -0.0654 e. The van der Waals surface area contributed by atoms with Crippen LogP contribution >= 0.6 is 0 Å². The minimum atomic E-state index is 0.926. The third-order valence-electron chi connectivity index (χ3n) is 4.87. The van der Waals surface area contributed by atoms with Crippen molar-refractivity contribution in [3.05, 3.63) is 0 Å². The molecule has 0 aromatic carbocycles. The van der Waals surface area contributed by atoms with E-state index < -0.39 is 0 Å². The standard InChI is InChI=1S/C19H40/c1-6-9-12-15-19(14-11-8-3)16-18(5)17(4)13-10-7-2/h17-19H,6-16H2,1-5H3. The average Bonchev–Trinajstić information content (AvgIpc) is 2.41. The van der Waals surface area contributed by atoms with Gasteiger partial charge in [0.2, 0.25) is 0 Å². The largest absolute Gasteiger partial charge is 0.0654 e. The summed E-state index contributed by atoms with van der Waals surface area (Å²) in [6.07, 6.45) is 15.7. The first kappa shape index (κ1) is 19.0. The molecule has 0 saturated heterocycles. The van der Waals surface area contributed by atoms with Crippen LogP contribution < -0.4 is 0 Å². The summed E-state index contributed by atoms with van der Waals surface area (Å²) in [5, 5.41) is 0. The van der Waals surface area contributed by atoms with E-state index in [0.29, 0.717) is 0 Å². The van der Waals surface area contributed by atoms with Gasteiger partial charge < -0.3 is 0 Å². The molecule has 3 atom stereocenters. The molecule has 0 heteroatoms. The quantitative estimate of drug-likeness (QED) is 0.309. The van der Waals surface area contributed by atoms with E-state index in [4.69, 9.17) is 0 Å². The maximum atomic E-state index is 2.50. The minimum absolute atomic E-state index is 0.926. The Morgan fingerprint density at radius 3 is 1.68 bits per heavy atom. The van der Waals surface area contributed by atoms with E-state index in [1.807, 2.05) is 0 Å². The number of rotatable bonds is 13. The normalized spacial score (nSPS) is 16.3. The van der Waals surface area contributed by atoms with Crippen LogP contribution in [-0.4, -0.2) is 0 Å². The molecule has 0 bridgehead atoms. The van der Waals surface area contributed by atoms with Crippen molar-refractivity contribution in [2.24, 2.45) is 17.8 Å². The Balaban J connectivity index is 4.04. The number of unbranched alkanes of at least 4 members (excludes halogenated alkanes) is 4. The lowest BCUT2D eigenvalue weighted by Gasteiger charge is -2.25. The van der Waals surface area contributed by atoms with Crippen LogP contribution in [0.25, 0.3) is 0 Å². The Kier molecular flexibility index (Phi) is 13.0. The first-order valence-corrected chi connectivity index (χ1v) is 9.15. The van der Waals surface area contributed by atoms with Gasteiger partial charge in [0.05, 0.1) is 0 Å². The molecule has 0 spiro atoms. The summed E-state index contributed by atoms with van der Waals surface area (Å²) in [6.45, 7) is 11.9. The van der Waals surface area contributed by atoms with Gasteiger partial charge in [0.1, 0.15) is 0 Å². The SMILES string of the molecule is CCCCCC(CCCC)CC(C)C(C)CCCC. The predicted octanol–water partition coefficient (Wildman–Crippen LogP) is 7.23. The first-order valence-electron chi connectivity index (χ1n) is 9.15. The van der Waals surface area contributed by atoms with Crippen molar-refractivity contribution in [1.82, 2.24) is 0 Å².